The maximum Gasteiger partial charge on any atom is 0.433 e. The first-order valence-electron chi connectivity index (χ1n) is 7.50. The van der Waals surface area contributed by atoms with E-state index in [-0.39, 0.29) is 18.1 Å². The van der Waals surface area contributed by atoms with Crippen molar-refractivity contribution in [2.24, 2.45) is 0 Å². The van der Waals surface area contributed by atoms with Gasteiger partial charge in [-0.1, -0.05) is 0 Å². The van der Waals surface area contributed by atoms with Gasteiger partial charge in [-0.3, -0.25) is 0 Å². The Morgan fingerprint density at radius 3 is 2.46 bits per heavy atom. The monoisotopic (exact) mass is 366 g/mol. The zero-order chi connectivity index (χ0) is 18.9. The number of carbonyl (C=O) groups is 1. The van der Waals surface area contributed by atoms with E-state index in [1.807, 2.05) is 0 Å². The molecule has 0 saturated carbocycles. The van der Waals surface area contributed by atoms with E-state index in [0.29, 0.717) is 15.8 Å². The highest BCUT2D eigenvalue weighted by Gasteiger charge is 2.36. The SMILES string of the molecule is CCOC(=O)c1nc2nc(-c3ccc(OC)cc3)cc(C(F)(F)F)n2n1. The summed E-state index contributed by atoms with van der Waals surface area (Å²) in [7, 11) is 1.48. The third-order valence-corrected chi connectivity index (χ3v) is 3.45. The molecule has 0 bridgehead atoms. The average molecular weight is 366 g/mol. The predicted octanol–water partition coefficient (Wildman–Crippen LogP) is 3.00. The van der Waals surface area contributed by atoms with E-state index in [4.69, 9.17) is 9.47 Å². The maximum atomic E-state index is 13.4. The van der Waals surface area contributed by atoms with Crippen LogP contribution in [0.1, 0.15) is 23.2 Å². The molecule has 3 aromatic rings. The molecule has 0 aliphatic carbocycles. The standard InChI is InChI=1S/C16H13F3N4O3/c1-3-26-14(24)13-21-15-20-11(9-4-6-10(25-2)7-5-9)8-12(16(17,18)19)23(15)22-13/h4-8H,3H2,1-2H3. The van der Waals surface area contributed by atoms with Crippen LogP contribution in [0.25, 0.3) is 17.0 Å². The van der Waals surface area contributed by atoms with Gasteiger partial charge in [-0.15, -0.1) is 5.10 Å². The number of alkyl halides is 3. The number of aromatic nitrogens is 4. The van der Waals surface area contributed by atoms with Crippen molar-refractivity contribution in [3.63, 3.8) is 0 Å². The van der Waals surface area contributed by atoms with Crippen LogP contribution < -0.4 is 4.74 Å². The topological polar surface area (TPSA) is 78.6 Å². The summed E-state index contributed by atoms with van der Waals surface area (Å²) in [6, 6.07) is 7.18. The predicted molar refractivity (Wildman–Crippen MR) is 83.7 cm³/mol. The van der Waals surface area contributed by atoms with E-state index in [1.54, 1.807) is 31.2 Å². The first-order chi connectivity index (χ1) is 12.3. The van der Waals surface area contributed by atoms with Gasteiger partial charge in [0.15, 0.2) is 5.69 Å². The Hall–Kier alpha value is -3.17. The van der Waals surface area contributed by atoms with Gasteiger partial charge < -0.3 is 9.47 Å². The fraction of sp³-hybridized carbons (Fsp3) is 0.250. The molecule has 0 unspecified atom stereocenters. The fourth-order valence-corrected chi connectivity index (χ4v) is 2.26. The van der Waals surface area contributed by atoms with Crippen molar-refractivity contribution in [2.45, 2.75) is 13.1 Å². The Morgan fingerprint density at radius 1 is 1.19 bits per heavy atom. The Balaban J connectivity index is 2.17. The molecule has 0 aliphatic rings. The Bertz CT molecular complexity index is 952. The molecular weight excluding hydrogens is 353 g/mol. The molecule has 26 heavy (non-hydrogen) atoms. The van der Waals surface area contributed by atoms with E-state index in [0.717, 1.165) is 6.07 Å². The van der Waals surface area contributed by atoms with Gasteiger partial charge >= 0.3 is 12.1 Å². The minimum atomic E-state index is -4.72. The van der Waals surface area contributed by atoms with Crippen molar-refractivity contribution in [3.8, 4) is 17.0 Å². The number of hydrogen-bond acceptors (Lipinski definition) is 6. The zero-order valence-electron chi connectivity index (χ0n) is 13.7. The van der Waals surface area contributed by atoms with Gasteiger partial charge in [0, 0.05) is 5.56 Å². The van der Waals surface area contributed by atoms with Gasteiger partial charge in [-0.05, 0) is 37.3 Å². The van der Waals surface area contributed by atoms with Crippen LogP contribution in [0.2, 0.25) is 0 Å². The number of carbonyl (C=O) groups excluding carboxylic acids is 1. The Labute approximate surface area is 145 Å². The molecule has 0 aliphatic heterocycles. The van der Waals surface area contributed by atoms with Crippen LogP contribution in [0.15, 0.2) is 30.3 Å². The number of hydrogen-bond donors (Lipinski definition) is 0. The number of ether oxygens (including phenoxy) is 2. The van der Waals surface area contributed by atoms with Crippen LogP contribution in [0.5, 0.6) is 5.75 Å². The van der Waals surface area contributed by atoms with Gasteiger partial charge in [0.1, 0.15) is 5.75 Å². The second-order valence-electron chi connectivity index (χ2n) is 5.12. The summed E-state index contributed by atoms with van der Waals surface area (Å²) in [6.45, 7) is 1.61. The van der Waals surface area contributed by atoms with E-state index >= 15 is 0 Å². The second kappa shape index (κ2) is 6.62. The minimum Gasteiger partial charge on any atom is -0.497 e. The van der Waals surface area contributed by atoms with Crippen LogP contribution >= 0.6 is 0 Å². The summed E-state index contributed by atoms with van der Waals surface area (Å²) >= 11 is 0. The highest BCUT2D eigenvalue weighted by atomic mass is 19.4. The molecule has 0 amide bonds. The normalized spacial score (nSPS) is 11.6. The van der Waals surface area contributed by atoms with Crippen LogP contribution in [-0.2, 0) is 10.9 Å². The number of methoxy groups -OCH3 is 1. The van der Waals surface area contributed by atoms with Crippen LogP contribution in [-0.4, -0.2) is 39.3 Å². The molecule has 136 valence electrons. The highest BCUT2D eigenvalue weighted by Crippen LogP contribution is 2.32. The Morgan fingerprint density at radius 2 is 1.88 bits per heavy atom. The molecule has 3 rings (SSSR count). The minimum absolute atomic E-state index is 0.0373. The summed E-state index contributed by atoms with van der Waals surface area (Å²) in [6.07, 6.45) is -4.72. The van der Waals surface area contributed by atoms with E-state index < -0.39 is 23.7 Å². The van der Waals surface area contributed by atoms with Gasteiger partial charge in [0.2, 0.25) is 0 Å². The quantitative estimate of drug-likeness (QED) is 0.661. The molecule has 2 heterocycles. The summed E-state index contributed by atoms with van der Waals surface area (Å²) in [5.41, 5.74) is -0.633. The first kappa shape index (κ1) is 17.6. The molecule has 0 radical (unpaired) electrons. The summed E-state index contributed by atoms with van der Waals surface area (Å²) in [5, 5.41) is 3.59. The van der Waals surface area contributed by atoms with E-state index in [2.05, 4.69) is 15.1 Å². The summed E-state index contributed by atoms with van der Waals surface area (Å²) in [5.74, 6) is -1.21. The lowest BCUT2D eigenvalue weighted by atomic mass is 10.1. The third kappa shape index (κ3) is 3.30. The summed E-state index contributed by atoms with van der Waals surface area (Å²) in [4.78, 5) is 19.6. The molecule has 7 nitrogen and oxygen atoms in total. The molecule has 0 atom stereocenters. The third-order valence-electron chi connectivity index (χ3n) is 3.45. The number of benzene rings is 1. The first-order valence-corrected chi connectivity index (χ1v) is 7.50. The zero-order valence-corrected chi connectivity index (χ0v) is 13.7. The molecule has 0 spiro atoms. The van der Waals surface area contributed by atoms with Crippen LogP contribution in [0.4, 0.5) is 13.2 Å². The molecule has 0 saturated heterocycles. The molecular formula is C16H13F3N4O3. The smallest absolute Gasteiger partial charge is 0.433 e. The second-order valence-corrected chi connectivity index (χ2v) is 5.12. The molecule has 0 fully saturated rings. The molecule has 10 heteroatoms. The van der Waals surface area contributed by atoms with Gasteiger partial charge in [0.25, 0.3) is 11.6 Å². The number of nitrogens with zero attached hydrogens (tertiary/aromatic N) is 4. The van der Waals surface area contributed by atoms with Gasteiger partial charge in [-0.2, -0.15) is 22.7 Å². The number of halogens is 3. The van der Waals surface area contributed by atoms with Gasteiger partial charge in [0.05, 0.1) is 19.4 Å². The van der Waals surface area contributed by atoms with Crippen molar-refractivity contribution in [1.29, 1.82) is 0 Å². The number of rotatable bonds is 4. The van der Waals surface area contributed by atoms with E-state index in [1.165, 1.54) is 7.11 Å². The van der Waals surface area contributed by atoms with Crippen molar-refractivity contribution in [2.75, 3.05) is 13.7 Å². The lowest BCUT2D eigenvalue weighted by Crippen LogP contribution is -2.14. The summed E-state index contributed by atoms with van der Waals surface area (Å²) < 4.78 is 50.6. The van der Waals surface area contributed by atoms with E-state index in [9.17, 15) is 18.0 Å². The maximum absolute atomic E-state index is 13.4. The highest BCUT2D eigenvalue weighted by molar-refractivity contribution is 5.85. The number of esters is 1. The van der Waals surface area contributed by atoms with Crippen molar-refractivity contribution >= 4 is 11.7 Å². The van der Waals surface area contributed by atoms with Gasteiger partial charge in [-0.25, -0.2) is 9.78 Å². The van der Waals surface area contributed by atoms with Crippen LogP contribution in [0.3, 0.4) is 0 Å². The molecule has 1 aromatic carbocycles. The largest absolute Gasteiger partial charge is 0.497 e. The number of fused-ring (bicyclic) bond motifs is 1. The molecule has 2 aromatic heterocycles. The Kier molecular flexibility index (Phi) is 4.49. The van der Waals surface area contributed by atoms with Crippen molar-refractivity contribution in [3.05, 3.63) is 41.9 Å². The van der Waals surface area contributed by atoms with Crippen molar-refractivity contribution < 1.29 is 27.4 Å². The lowest BCUT2D eigenvalue weighted by molar-refractivity contribution is -0.142. The molecule has 0 N–H and O–H groups in total. The fourth-order valence-electron chi connectivity index (χ4n) is 2.26. The van der Waals surface area contributed by atoms with Crippen molar-refractivity contribution in [1.82, 2.24) is 19.6 Å². The lowest BCUT2D eigenvalue weighted by Gasteiger charge is -2.10. The average Bonchev–Trinajstić information content (AvgIpc) is 3.04. The van der Waals surface area contributed by atoms with Crippen LogP contribution in [0, 0.1) is 0 Å².